The third-order valence-corrected chi connectivity index (χ3v) is 2.44. The van der Waals surface area contributed by atoms with Gasteiger partial charge >= 0.3 is 0 Å². The Kier molecular flexibility index (Phi) is 3.47. The van der Waals surface area contributed by atoms with Crippen LogP contribution in [0.15, 0.2) is 11.8 Å². The van der Waals surface area contributed by atoms with Gasteiger partial charge in [0.05, 0.1) is 5.76 Å². The molecule has 1 rings (SSSR count). The van der Waals surface area contributed by atoms with Crippen molar-refractivity contribution in [1.29, 1.82) is 0 Å². The van der Waals surface area contributed by atoms with Gasteiger partial charge in [-0.25, -0.2) is 0 Å². The Morgan fingerprint density at radius 3 is 2.55 bits per heavy atom. The average Bonchev–Trinajstić information content (AvgIpc) is 2.07. The predicted molar refractivity (Wildman–Crippen MR) is 47.6 cm³/mol. The molecule has 0 aliphatic heterocycles. The normalized spacial score (nSPS) is 22.1. The van der Waals surface area contributed by atoms with Crippen molar-refractivity contribution in [3.05, 3.63) is 11.8 Å². The maximum atomic E-state index is 9.54. The van der Waals surface area contributed by atoms with Crippen molar-refractivity contribution in [2.45, 2.75) is 45.4 Å². The van der Waals surface area contributed by atoms with Crippen LogP contribution in [-0.2, 0) is 0 Å². The molecule has 1 aliphatic carbocycles. The van der Waals surface area contributed by atoms with Gasteiger partial charge in [-0.15, -0.1) is 0 Å². The zero-order valence-corrected chi connectivity index (χ0v) is 7.34. The molecule has 1 heteroatoms. The first-order valence-corrected chi connectivity index (χ1v) is 4.73. The summed E-state index contributed by atoms with van der Waals surface area (Å²) in [5.74, 6) is 1.14. The minimum absolute atomic E-state index is 0.490. The third-order valence-electron chi connectivity index (χ3n) is 2.44. The summed E-state index contributed by atoms with van der Waals surface area (Å²) in [4.78, 5) is 0. The lowest BCUT2D eigenvalue weighted by atomic mass is 9.87. The monoisotopic (exact) mass is 154 g/mol. The maximum absolute atomic E-state index is 9.54. The van der Waals surface area contributed by atoms with Gasteiger partial charge in [0.2, 0.25) is 0 Å². The van der Waals surface area contributed by atoms with Crippen molar-refractivity contribution in [3.8, 4) is 0 Å². The summed E-state index contributed by atoms with van der Waals surface area (Å²) in [6, 6.07) is 0. The summed E-state index contributed by atoms with van der Waals surface area (Å²) >= 11 is 0. The fraction of sp³-hybridized carbons (Fsp3) is 0.800. The smallest absolute Gasteiger partial charge is 0.0913 e. The highest BCUT2D eigenvalue weighted by molar-refractivity contribution is 4.97. The van der Waals surface area contributed by atoms with Crippen LogP contribution in [0, 0.1) is 5.92 Å². The van der Waals surface area contributed by atoms with E-state index in [1.807, 2.05) is 6.08 Å². The van der Waals surface area contributed by atoms with Gasteiger partial charge in [0.15, 0.2) is 0 Å². The molecular weight excluding hydrogens is 136 g/mol. The standard InChI is InChI=1S/C10H18O/c1-2-6-10(11)9-7-4-3-5-8-9/h6,9,11H,2-5,7-8H2,1H3. The molecule has 0 unspecified atom stereocenters. The van der Waals surface area contributed by atoms with Crippen LogP contribution in [0.25, 0.3) is 0 Å². The van der Waals surface area contributed by atoms with Gasteiger partial charge in [0, 0.05) is 5.92 Å². The molecule has 0 aromatic heterocycles. The minimum atomic E-state index is 0.490. The molecule has 0 spiro atoms. The number of aliphatic hydroxyl groups is 1. The summed E-state index contributed by atoms with van der Waals surface area (Å²) in [6.07, 6.45) is 9.26. The molecule has 1 N–H and O–H groups in total. The van der Waals surface area contributed by atoms with E-state index in [2.05, 4.69) is 6.92 Å². The summed E-state index contributed by atoms with van der Waals surface area (Å²) in [5, 5.41) is 9.54. The number of aliphatic hydroxyl groups excluding tert-OH is 1. The molecule has 1 nitrogen and oxygen atoms in total. The number of allylic oxidation sites excluding steroid dienone is 2. The van der Waals surface area contributed by atoms with Gasteiger partial charge in [-0.3, -0.25) is 0 Å². The molecule has 0 atom stereocenters. The number of rotatable bonds is 2. The van der Waals surface area contributed by atoms with Crippen molar-refractivity contribution in [2.24, 2.45) is 5.92 Å². The topological polar surface area (TPSA) is 20.2 Å². The minimum Gasteiger partial charge on any atom is -0.512 e. The highest BCUT2D eigenvalue weighted by Crippen LogP contribution is 2.28. The Labute approximate surface area is 69.1 Å². The fourth-order valence-corrected chi connectivity index (χ4v) is 1.77. The molecule has 0 radical (unpaired) electrons. The van der Waals surface area contributed by atoms with Crippen molar-refractivity contribution in [2.75, 3.05) is 0 Å². The Bertz CT molecular complexity index is 132. The molecule has 1 saturated carbocycles. The van der Waals surface area contributed by atoms with E-state index in [-0.39, 0.29) is 0 Å². The molecule has 1 aliphatic rings. The van der Waals surface area contributed by atoms with Crippen LogP contribution in [-0.4, -0.2) is 5.11 Å². The second-order valence-electron chi connectivity index (χ2n) is 3.37. The van der Waals surface area contributed by atoms with Gasteiger partial charge in [-0.1, -0.05) is 26.2 Å². The fourth-order valence-electron chi connectivity index (χ4n) is 1.77. The van der Waals surface area contributed by atoms with Gasteiger partial charge < -0.3 is 5.11 Å². The first kappa shape index (κ1) is 8.63. The van der Waals surface area contributed by atoms with Crippen molar-refractivity contribution in [1.82, 2.24) is 0 Å². The van der Waals surface area contributed by atoms with E-state index < -0.39 is 0 Å². The van der Waals surface area contributed by atoms with Crippen LogP contribution < -0.4 is 0 Å². The van der Waals surface area contributed by atoms with E-state index in [1.165, 1.54) is 32.1 Å². The number of hydrogen-bond acceptors (Lipinski definition) is 1. The number of hydrogen-bond donors (Lipinski definition) is 1. The maximum Gasteiger partial charge on any atom is 0.0913 e. The second-order valence-corrected chi connectivity index (χ2v) is 3.37. The Morgan fingerprint density at radius 2 is 2.00 bits per heavy atom. The summed E-state index contributed by atoms with van der Waals surface area (Å²) in [7, 11) is 0. The zero-order chi connectivity index (χ0) is 8.10. The molecule has 1 fully saturated rings. The van der Waals surface area contributed by atoms with Gasteiger partial charge in [0.25, 0.3) is 0 Å². The Morgan fingerprint density at radius 1 is 1.36 bits per heavy atom. The lowest BCUT2D eigenvalue weighted by Gasteiger charge is -2.20. The molecular formula is C10H18O. The van der Waals surface area contributed by atoms with E-state index in [0.717, 1.165) is 6.42 Å². The van der Waals surface area contributed by atoms with Crippen LogP contribution >= 0.6 is 0 Å². The van der Waals surface area contributed by atoms with Crippen LogP contribution in [0.5, 0.6) is 0 Å². The zero-order valence-electron chi connectivity index (χ0n) is 7.34. The lowest BCUT2D eigenvalue weighted by molar-refractivity contribution is 0.274. The first-order chi connectivity index (χ1) is 5.34. The van der Waals surface area contributed by atoms with E-state index >= 15 is 0 Å². The van der Waals surface area contributed by atoms with Crippen molar-refractivity contribution < 1.29 is 5.11 Å². The molecule has 0 saturated heterocycles. The quantitative estimate of drug-likeness (QED) is 0.604. The third kappa shape index (κ3) is 2.57. The molecule has 11 heavy (non-hydrogen) atoms. The van der Waals surface area contributed by atoms with Gasteiger partial charge in [-0.2, -0.15) is 0 Å². The molecule has 0 aromatic rings. The van der Waals surface area contributed by atoms with E-state index in [0.29, 0.717) is 11.7 Å². The van der Waals surface area contributed by atoms with Crippen molar-refractivity contribution >= 4 is 0 Å². The summed E-state index contributed by atoms with van der Waals surface area (Å²) < 4.78 is 0. The van der Waals surface area contributed by atoms with Gasteiger partial charge in [-0.05, 0) is 25.3 Å². The highest BCUT2D eigenvalue weighted by atomic mass is 16.3. The Balaban J connectivity index is 2.38. The largest absolute Gasteiger partial charge is 0.512 e. The lowest BCUT2D eigenvalue weighted by Crippen LogP contribution is -2.08. The van der Waals surface area contributed by atoms with Crippen LogP contribution in [0.1, 0.15) is 45.4 Å². The second kappa shape index (κ2) is 4.42. The molecule has 64 valence electrons. The van der Waals surface area contributed by atoms with E-state index in [4.69, 9.17) is 0 Å². The van der Waals surface area contributed by atoms with E-state index in [1.54, 1.807) is 0 Å². The van der Waals surface area contributed by atoms with E-state index in [9.17, 15) is 5.11 Å². The molecule has 0 amide bonds. The highest BCUT2D eigenvalue weighted by Gasteiger charge is 2.16. The molecule has 0 bridgehead atoms. The Hall–Kier alpha value is -0.460. The SMILES string of the molecule is CCC=C(O)C1CCCCC1. The van der Waals surface area contributed by atoms with Crippen LogP contribution in [0.4, 0.5) is 0 Å². The average molecular weight is 154 g/mol. The van der Waals surface area contributed by atoms with Crippen LogP contribution in [0.3, 0.4) is 0 Å². The molecule has 0 heterocycles. The van der Waals surface area contributed by atoms with Crippen LogP contribution in [0.2, 0.25) is 0 Å². The summed E-state index contributed by atoms with van der Waals surface area (Å²) in [6.45, 7) is 2.07. The predicted octanol–water partition coefficient (Wildman–Crippen LogP) is 3.42. The van der Waals surface area contributed by atoms with Crippen molar-refractivity contribution in [3.63, 3.8) is 0 Å². The summed E-state index contributed by atoms with van der Waals surface area (Å²) in [5.41, 5.74) is 0. The first-order valence-electron chi connectivity index (χ1n) is 4.73. The van der Waals surface area contributed by atoms with Gasteiger partial charge in [0.1, 0.15) is 0 Å². The molecule has 0 aromatic carbocycles.